The zero-order chi connectivity index (χ0) is 39.6. The lowest BCUT2D eigenvalue weighted by Gasteiger charge is -2.71. The Labute approximate surface area is 338 Å². The number of carbonyl (C=O) groups is 2. The van der Waals surface area contributed by atoms with Crippen LogP contribution in [0.1, 0.15) is 108 Å². The quantitative estimate of drug-likeness (QED) is 0.173. The van der Waals surface area contributed by atoms with Gasteiger partial charge in [-0.05, 0) is 172 Å². The number of anilines is 1. The Kier molecular flexibility index (Phi) is 8.54. The van der Waals surface area contributed by atoms with Gasteiger partial charge in [-0.25, -0.2) is 4.79 Å². The molecule has 7 saturated carbocycles. The highest BCUT2D eigenvalue weighted by Gasteiger charge is 2.74. The Morgan fingerprint density at radius 1 is 0.754 bits per heavy atom. The van der Waals surface area contributed by atoms with Gasteiger partial charge < -0.3 is 29.9 Å². The number of carbonyl (C=O) groups excluding carboxylic acids is 2. The maximum Gasteiger partial charge on any atom is 0.321 e. The summed E-state index contributed by atoms with van der Waals surface area (Å²) in [4.78, 5) is 31.7. The summed E-state index contributed by atoms with van der Waals surface area (Å²) in [7, 11) is 3.28. The number of fused-ring (bicyclic) bond motifs is 1. The van der Waals surface area contributed by atoms with Gasteiger partial charge in [-0.15, -0.1) is 0 Å². The highest BCUT2D eigenvalue weighted by Crippen LogP contribution is 2.78. The Balaban J connectivity index is 1.02. The van der Waals surface area contributed by atoms with Crippen molar-refractivity contribution in [2.24, 2.45) is 56.7 Å². The van der Waals surface area contributed by atoms with E-state index in [-0.39, 0.29) is 41.0 Å². The number of urea groups is 1. The summed E-state index contributed by atoms with van der Waals surface area (Å²) in [6, 6.07) is 14.9. The number of benzene rings is 2. The fourth-order valence-corrected chi connectivity index (χ4v) is 15.8. The van der Waals surface area contributed by atoms with Crippen LogP contribution >= 0.6 is 0 Å². The minimum atomic E-state index is -1.14. The first-order valence-corrected chi connectivity index (χ1v) is 22.0. The van der Waals surface area contributed by atoms with E-state index >= 15 is 4.79 Å². The van der Waals surface area contributed by atoms with E-state index in [1.165, 1.54) is 38.5 Å². The van der Waals surface area contributed by atoms with Crippen molar-refractivity contribution in [3.63, 3.8) is 0 Å². The van der Waals surface area contributed by atoms with E-state index in [1.807, 2.05) is 53.4 Å². The zero-order valence-corrected chi connectivity index (χ0v) is 34.4. The molecule has 10 aliphatic rings. The number of methoxy groups -OCH3 is 2. The lowest BCUT2D eigenvalue weighted by atomic mass is 9.32. The maximum atomic E-state index is 15.0. The average Bonchev–Trinajstić information content (AvgIpc) is 3.46. The van der Waals surface area contributed by atoms with E-state index in [9.17, 15) is 15.0 Å². The van der Waals surface area contributed by atoms with Gasteiger partial charge in [-0.1, -0.05) is 32.1 Å². The van der Waals surface area contributed by atoms with Crippen molar-refractivity contribution < 1.29 is 29.3 Å². The first-order chi connectivity index (χ1) is 27.3. The topological polar surface area (TPSA) is 108 Å². The Morgan fingerprint density at radius 3 is 1.96 bits per heavy atom. The molecule has 2 amide bonds. The van der Waals surface area contributed by atoms with Crippen LogP contribution < -0.4 is 14.8 Å². The molecule has 6 bridgehead atoms. The molecule has 3 N–H and O–H groups in total. The molecule has 304 valence electrons. The third-order valence-electron chi connectivity index (χ3n) is 18.1. The van der Waals surface area contributed by atoms with Gasteiger partial charge in [0.2, 0.25) is 0 Å². The van der Waals surface area contributed by atoms with E-state index in [0.29, 0.717) is 36.4 Å². The summed E-state index contributed by atoms with van der Waals surface area (Å²) in [6.45, 7) is 5.65. The first-order valence-electron chi connectivity index (χ1n) is 22.0. The van der Waals surface area contributed by atoms with Gasteiger partial charge in [0.25, 0.3) is 0 Å². The Bertz CT molecular complexity index is 1970. The number of Topliss-reactive ketones (excluding diaryl/α,β-unsaturated/α-hetero) is 1. The van der Waals surface area contributed by atoms with Gasteiger partial charge in [-0.3, -0.25) is 4.79 Å². The van der Waals surface area contributed by atoms with Crippen LogP contribution in [0, 0.1) is 56.7 Å². The fraction of sp³-hybridized carbons (Fsp3) is 0.633. The minimum absolute atomic E-state index is 0.00599. The van der Waals surface area contributed by atoms with Crippen molar-refractivity contribution in [1.29, 1.82) is 0 Å². The van der Waals surface area contributed by atoms with E-state index in [0.717, 1.165) is 61.2 Å². The molecule has 0 aliphatic heterocycles. The van der Waals surface area contributed by atoms with Crippen molar-refractivity contribution in [2.75, 3.05) is 32.6 Å². The van der Waals surface area contributed by atoms with Gasteiger partial charge in [0, 0.05) is 39.6 Å². The number of nitrogens with zero attached hydrogens (tertiary/aromatic N) is 1. The second kappa shape index (κ2) is 12.9. The normalized spacial score (nSPS) is 43.1. The first kappa shape index (κ1) is 37.6. The molecule has 7 fully saturated rings. The zero-order valence-electron chi connectivity index (χ0n) is 34.4. The predicted octanol–water partition coefficient (Wildman–Crippen LogP) is 9.23. The van der Waals surface area contributed by atoms with Crippen molar-refractivity contribution in [3.05, 3.63) is 77.9 Å². The molecule has 1 unspecified atom stereocenters. The molecular formula is C49H62N2O6. The molecule has 10 aliphatic carbocycles. The van der Waals surface area contributed by atoms with Crippen molar-refractivity contribution in [2.45, 2.75) is 109 Å². The number of hydrogen-bond acceptors (Lipinski definition) is 6. The summed E-state index contributed by atoms with van der Waals surface area (Å²) >= 11 is 0. The van der Waals surface area contributed by atoms with Gasteiger partial charge in [0.15, 0.2) is 5.78 Å². The molecule has 8 nitrogen and oxygen atoms in total. The molecular weight excluding hydrogens is 713 g/mol. The predicted molar refractivity (Wildman–Crippen MR) is 220 cm³/mol. The van der Waals surface area contributed by atoms with Crippen molar-refractivity contribution in [3.8, 4) is 11.5 Å². The fourth-order valence-electron chi connectivity index (χ4n) is 15.8. The molecule has 0 radical (unpaired) electrons. The SMILES string of the molecule is COc1ccc(NC(=O)N(CC23CC4CC(CC(C4)C2)C3)C[C@]2(O)CC[C@H]3[C@]45C=C[C@@]6(C=C4C(=O)c4ccc(OC)cc4)CC(O)CC[C@]6(C)[C@H]5CC[C@@]32C)cc1. The molecule has 2 aromatic rings. The van der Waals surface area contributed by atoms with E-state index in [1.54, 1.807) is 14.2 Å². The number of aliphatic hydroxyl groups excluding tert-OH is 1. The van der Waals surface area contributed by atoms with E-state index in [2.05, 4.69) is 37.4 Å². The van der Waals surface area contributed by atoms with Gasteiger partial charge >= 0.3 is 6.03 Å². The summed E-state index contributed by atoms with van der Waals surface area (Å²) in [6.07, 6.45) is 19.5. The third kappa shape index (κ3) is 5.44. The smallest absolute Gasteiger partial charge is 0.321 e. The third-order valence-corrected chi connectivity index (χ3v) is 18.1. The van der Waals surface area contributed by atoms with Crippen molar-refractivity contribution in [1.82, 2.24) is 4.90 Å². The van der Waals surface area contributed by atoms with Gasteiger partial charge in [0.1, 0.15) is 11.5 Å². The van der Waals surface area contributed by atoms with E-state index in [4.69, 9.17) is 9.47 Å². The molecule has 2 aromatic carbocycles. The second-order valence-corrected chi connectivity index (χ2v) is 20.8. The van der Waals surface area contributed by atoms with E-state index < -0.39 is 27.9 Å². The molecule has 57 heavy (non-hydrogen) atoms. The number of nitrogens with one attached hydrogen (secondary N) is 1. The van der Waals surface area contributed by atoms with Crippen LogP contribution in [-0.4, -0.2) is 65.9 Å². The molecule has 0 heterocycles. The average molecular weight is 775 g/mol. The van der Waals surface area contributed by atoms with Crippen LogP contribution in [0.5, 0.6) is 11.5 Å². The van der Waals surface area contributed by atoms with Crippen LogP contribution in [0.2, 0.25) is 0 Å². The van der Waals surface area contributed by atoms with Gasteiger partial charge in [0.05, 0.1) is 32.5 Å². The number of aliphatic hydroxyl groups is 2. The van der Waals surface area contributed by atoms with Crippen LogP contribution in [0.15, 0.2) is 72.3 Å². The number of ether oxygens (including phenoxy) is 2. The maximum absolute atomic E-state index is 15.0. The monoisotopic (exact) mass is 774 g/mol. The molecule has 2 spiro atoms. The number of rotatable bonds is 9. The Hall–Kier alpha value is -3.62. The molecule has 0 aromatic heterocycles. The summed E-state index contributed by atoms with van der Waals surface area (Å²) in [5, 5.41) is 27.8. The lowest BCUT2D eigenvalue weighted by molar-refractivity contribution is -0.176. The molecule has 8 atom stereocenters. The minimum Gasteiger partial charge on any atom is -0.497 e. The highest BCUT2D eigenvalue weighted by molar-refractivity contribution is 6.10. The summed E-state index contributed by atoms with van der Waals surface area (Å²) in [5.41, 5.74) is -0.475. The number of hydrogen-bond donors (Lipinski definition) is 3. The molecule has 12 rings (SSSR count). The number of allylic oxidation sites excluding steroid dienone is 4. The summed E-state index contributed by atoms with van der Waals surface area (Å²) in [5.74, 6) is 3.95. The summed E-state index contributed by atoms with van der Waals surface area (Å²) < 4.78 is 10.8. The Morgan fingerprint density at radius 2 is 1.33 bits per heavy atom. The second-order valence-electron chi connectivity index (χ2n) is 20.8. The van der Waals surface area contributed by atoms with Crippen molar-refractivity contribution >= 4 is 17.5 Å². The molecule has 0 saturated heterocycles. The van der Waals surface area contributed by atoms with Gasteiger partial charge in [-0.2, -0.15) is 0 Å². The largest absolute Gasteiger partial charge is 0.497 e. The van der Waals surface area contributed by atoms with Crippen LogP contribution in [0.4, 0.5) is 10.5 Å². The van der Waals surface area contributed by atoms with Crippen LogP contribution in [0.3, 0.4) is 0 Å². The van der Waals surface area contributed by atoms with Crippen LogP contribution in [0.25, 0.3) is 0 Å². The molecule has 8 heteroatoms. The lowest BCUT2D eigenvalue weighted by Crippen LogP contribution is -2.67. The number of ketones is 1. The van der Waals surface area contributed by atoms with Crippen LogP contribution in [-0.2, 0) is 0 Å². The standard InChI is InChI=1S/C49H62N2O6/c1-44-16-13-36(52)27-47(44)19-20-49(39(28-47)42(53)34-5-9-37(56-3)10-6-34)40(44)14-17-45(2)41(49)15-18-48(45,55)30-51(43(54)50-35-7-11-38(57-4)12-8-35)29-46-24-31-21-32(25-46)23-33(22-31)26-46/h5-12,19-20,28,31-33,36,40-41,52,55H,13-18,21-27,29-30H2,1-4H3,(H,50,54)/t31?,32?,33?,36?,40-,41-,44-,45+,46?,47+,48-,49-/m1/s1. The highest BCUT2D eigenvalue weighted by atomic mass is 16.5. The number of amides is 2.